The van der Waals surface area contributed by atoms with E-state index in [0.717, 1.165) is 0 Å². The summed E-state index contributed by atoms with van der Waals surface area (Å²) in [5.41, 5.74) is 6.73. The lowest BCUT2D eigenvalue weighted by atomic mass is 9.90. The monoisotopic (exact) mass is 330 g/mol. The molecule has 0 heterocycles. The van der Waals surface area contributed by atoms with E-state index in [4.69, 9.17) is 0 Å². The van der Waals surface area contributed by atoms with Gasteiger partial charge in [-0.15, -0.1) is 0 Å². The number of halogens is 1. The molecule has 0 radical (unpaired) electrons. The largest absolute Gasteiger partial charge is 0.0614 e. The molecule has 0 aliphatic heterocycles. The highest BCUT2D eigenvalue weighted by molar-refractivity contribution is 9.10. The van der Waals surface area contributed by atoms with Gasteiger partial charge in [-0.3, -0.25) is 0 Å². The molecular formula is C19H23Br. The normalized spacial score (nSPS) is 11.4. The van der Waals surface area contributed by atoms with E-state index < -0.39 is 0 Å². The van der Waals surface area contributed by atoms with Crippen LogP contribution in [0.3, 0.4) is 0 Å². The molecule has 0 nitrogen and oxygen atoms in total. The highest BCUT2D eigenvalue weighted by Gasteiger charge is 2.14. The van der Waals surface area contributed by atoms with E-state index in [1.807, 2.05) is 0 Å². The predicted octanol–water partition coefficient (Wildman–Crippen LogP) is 6.67. The molecule has 0 aromatic heterocycles. The molecule has 106 valence electrons. The van der Waals surface area contributed by atoms with Gasteiger partial charge in [0, 0.05) is 4.47 Å². The zero-order valence-electron chi connectivity index (χ0n) is 13.0. The average Bonchev–Trinajstić information content (AvgIpc) is 2.38. The maximum Gasteiger partial charge on any atom is 0.0244 e. The van der Waals surface area contributed by atoms with Crippen molar-refractivity contribution in [3.63, 3.8) is 0 Å². The van der Waals surface area contributed by atoms with Crippen LogP contribution in [0.1, 0.15) is 56.2 Å². The second-order valence-corrected chi connectivity index (χ2v) is 6.94. The number of benzene rings is 2. The molecule has 0 aliphatic carbocycles. The van der Waals surface area contributed by atoms with Crippen molar-refractivity contribution in [3.05, 3.63) is 57.6 Å². The number of rotatable bonds is 3. The van der Waals surface area contributed by atoms with Crippen LogP contribution >= 0.6 is 15.9 Å². The van der Waals surface area contributed by atoms with Crippen molar-refractivity contribution in [1.29, 1.82) is 0 Å². The Balaban J connectivity index is 2.65. The van der Waals surface area contributed by atoms with Gasteiger partial charge >= 0.3 is 0 Å². The topological polar surface area (TPSA) is 0 Å². The van der Waals surface area contributed by atoms with Gasteiger partial charge in [0.15, 0.2) is 0 Å². The summed E-state index contributed by atoms with van der Waals surface area (Å²) in [5.74, 6) is 1.04. The van der Waals surface area contributed by atoms with Crippen molar-refractivity contribution in [2.75, 3.05) is 0 Å². The SMILES string of the molecule is Cc1cccc(-c2cc(C(C)C)c(Br)c(C(C)C)c2)c1. The lowest BCUT2D eigenvalue weighted by Crippen LogP contribution is -1.98. The van der Waals surface area contributed by atoms with E-state index in [1.165, 1.54) is 32.3 Å². The zero-order chi connectivity index (χ0) is 14.9. The quantitative estimate of drug-likeness (QED) is 0.589. The van der Waals surface area contributed by atoms with E-state index in [-0.39, 0.29) is 0 Å². The van der Waals surface area contributed by atoms with Crippen LogP contribution in [-0.2, 0) is 0 Å². The van der Waals surface area contributed by atoms with Crippen LogP contribution in [0.2, 0.25) is 0 Å². The lowest BCUT2D eigenvalue weighted by Gasteiger charge is -2.18. The Hall–Kier alpha value is -1.08. The maximum absolute atomic E-state index is 3.80. The number of hydrogen-bond donors (Lipinski definition) is 0. The molecule has 1 heteroatoms. The molecule has 0 aliphatic rings. The van der Waals surface area contributed by atoms with E-state index >= 15 is 0 Å². The highest BCUT2D eigenvalue weighted by Crippen LogP contribution is 2.36. The third kappa shape index (κ3) is 3.15. The maximum atomic E-state index is 3.80. The van der Waals surface area contributed by atoms with Crippen LogP contribution < -0.4 is 0 Å². The van der Waals surface area contributed by atoms with E-state index in [1.54, 1.807) is 0 Å². The van der Waals surface area contributed by atoms with Gasteiger partial charge in [0.25, 0.3) is 0 Å². The van der Waals surface area contributed by atoms with Crippen molar-refractivity contribution in [2.24, 2.45) is 0 Å². The zero-order valence-corrected chi connectivity index (χ0v) is 14.6. The third-order valence-corrected chi connectivity index (χ3v) is 4.64. The number of aryl methyl sites for hydroxylation is 1. The molecule has 0 atom stereocenters. The van der Waals surface area contributed by atoms with Crippen LogP contribution in [0.4, 0.5) is 0 Å². The van der Waals surface area contributed by atoms with Crippen LogP contribution in [-0.4, -0.2) is 0 Å². The predicted molar refractivity (Wildman–Crippen MR) is 92.5 cm³/mol. The van der Waals surface area contributed by atoms with E-state index in [2.05, 4.69) is 86.9 Å². The Bertz CT molecular complexity index is 580. The van der Waals surface area contributed by atoms with Crippen LogP contribution in [0.15, 0.2) is 40.9 Å². The van der Waals surface area contributed by atoms with Gasteiger partial charge in [0.05, 0.1) is 0 Å². The molecule has 2 aromatic rings. The summed E-state index contributed by atoms with van der Waals surface area (Å²) in [6.07, 6.45) is 0. The molecule has 2 rings (SSSR count). The molecule has 20 heavy (non-hydrogen) atoms. The molecule has 0 bridgehead atoms. The second-order valence-electron chi connectivity index (χ2n) is 6.15. The molecule has 0 fully saturated rings. The van der Waals surface area contributed by atoms with Crippen molar-refractivity contribution in [1.82, 2.24) is 0 Å². The lowest BCUT2D eigenvalue weighted by molar-refractivity contribution is 0.824. The van der Waals surface area contributed by atoms with Gasteiger partial charge in [0.2, 0.25) is 0 Å². The van der Waals surface area contributed by atoms with Crippen molar-refractivity contribution < 1.29 is 0 Å². The Kier molecular flexibility index (Phi) is 4.70. The summed E-state index contributed by atoms with van der Waals surface area (Å²) in [6.45, 7) is 11.2. The molecule has 0 unspecified atom stereocenters. The average molecular weight is 331 g/mol. The van der Waals surface area contributed by atoms with Crippen LogP contribution in [0.25, 0.3) is 11.1 Å². The molecule has 0 amide bonds. The van der Waals surface area contributed by atoms with Crippen molar-refractivity contribution in [3.8, 4) is 11.1 Å². The minimum absolute atomic E-state index is 0.520. The first-order valence-electron chi connectivity index (χ1n) is 7.30. The van der Waals surface area contributed by atoms with Crippen LogP contribution in [0.5, 0.6) is 0 Å². The van der Waals surface area contributed by atoms with E-state index in [0.29, 0.717) is 11.8 Å². The van der Waals surface area contributed by atoms with Gasteiger partial charge in [-0.2, -0.15) is 0 Å². The minimum Gasteiger partial charge on any atom is -0.0614 e. The van der Waals surface area contributed by atoms with Gasteiger partial charge in [-0.25, -0.2) is 0 Å². The fourth-order valence-corrected chi connectivity index (χ4v) is 3.65. The summed E-state index contributed by atoms with van der Waals surface area (Å²) < 4.78 is 1.28. The molecule has 0 saturated carbocycles. The molecule has 0 N–H and O–H groups in total. The fourth-order valence-electron chi connectivity index (χ4n) is 2.50. The molecular weight excluding hydrogens is 308 g/mol. The van der Waals surface area contributed by atoms with E-state index in [9.17, 15) is 0 Å². The van der Waals surface area contributed by atoms with Crippen LogP contribution in [0, 0.1) is 6.92 Å². The Morgan fingerprint density at radius 2 is 1.35 bits per heavy atom. The minimum atomic E-state index is 0.520. The van der Waals surface area contributed by atoms with Crippen molar-refractivity contribution >= 4 is 15.9 Å². The van der Waals surface area contributed by atoms with Gasteiger partial charge in [0.1, 0.15) is 0 Å². The van der Waals surface area contributed by atoms with Gasteiger partial charge in [-0.1, -0.05) is 73.5 Å². The molecule has 0 saturated heterocycles. The van der Waals surface area contributed by atoms with Gasteiger partial charge in [-0.05, 0) is 53.1 Å². The first-order chi connectivity index (χ1) is 9.40. The second kappa shape index (κ2) is 6.13. The smallest absolute Gasteiger partial charge is 0.0244 e. The Labute approximate surface area is 131 Å². The standard InChI is InChI=1S/C19H23Br/c1-12(2)17-10-16(11-18(13(3)4)19(17)20)15-8-6-7-14(5)9-15/h6-13H,1-5H3. The molecule has 0 spiro atoms. The van der Waals surface area contributed by atoms with Crippen molar-refractivity contribution in [2.45, 2.75) is 46.5 Å². The fraction of sp³-hybridized carbons (Fsp3) is 0.368. The first-order valence-corrected chi connectivity index (χ1v) is 8.09. The summed E-state index contributed by atoms with van der Waals surface area (Å²) >= 11 is 3.80. The summed E-state index contributed by atoms with van der Waals surface area (Å²) in [7, 11) is 0. The number of hydrogen-bond acceptors (Lipinski definition) is 0. The Morgan fingerprint density at radius 3 is 1.80 bits per heavy atom. The van der Waals surface area contributed by atoms with Gasteiger partial charge < -0.3 is 0 Å². The first kappa shape index (κ1) is 15.3. The molecule has 2 aromatic carbocycles. The summed E-state index contributed by atoms with van der Waals surface area (Å²) in [5, 5.41) is 0. The highest BCUT2D eigenvalue weighted by atomic mass is 79.9. The summed E-state index contributed by atoms with van der Waals surface area (Å²) in [4.78, 5) is 0. The third-order valence-electron chi connectivity index (χ3n) is 3.72. The Morgan fingerprint density at radius 1 is 0.800 bits per heavy atom. The summed E-state index contributed by atoms with van der Waals surface area (Å²) in [6, 6.07) is 13.4.